The fraction of sp³-hybridized carbons (Fsp3) is 1.00. The number of nitrogens with one attached hydrogen (secondary N) is 2. The fourth-order valence-corrected chi connectivity index (χ4v) is 4.03. The van der Waals surface area contributed by atoms with Crippen LogP contribution in [0.25, 0.3) is 0 Å². The number of piperazine rings is 1. The van der Waals surface area contributed by atoms with E-state index in [9.17, 15) is 0 Å². The lowest BCUT2D eigenvalue weighted by Gasteiger charge is -2.54. The van der Waals surface area contributed by atoms with E-state index in [1.54, 1.807) is 0 Å². The summed E-state index contributed by atoms with van der Waals surface area (Å²) in [5, 5.41) is 7.53. The zero-order chi connectivity index (χ0) is 13.0. The van der Waals surface area contributed by atoms with Crippen molar-refractivity contribution in [1.82, 2.24) is 20.4 Å². The predicted molar refractivity (Wildman–Crippen MR) is 79.1 cm³/mol. The SMILES string of the molecule is C1CCCN(C2(N3CCCCC3)CNCCN2)CC1. The van der Waals surface area contributed by atoms with E-state index in [0.29, 0.717) is 0 Å². The van der Waals surface area contributed by atoms with Gasteiger partial charge in [-0.05, 0) is 25.7 Å². The molecule has 0 aromatic carbocycles. The molecule has 0 aliphatic carbocycles. The van der Waals surface area contributed by atoms with E-state index in [1.807, 2.05) is 0 Å². The fourth-order valence-electron chi connectivity index (χ4n) is 4.03. The summed E-state index contributed by atoms with van der Waals surface area (Å²) in [5.74, 6) is 0.114. The third kappa shape index (κ3) is 2.97. The van der Waals surface area contributed by atoms with E-state index in [-0.39, 0.29) is 5.79 Å². The maximum Gasteiger partial charge on any atom is 0.141 e. The molecule has 1 atom stereocenters. The normalized spacial score (nSPS) is 36.0. The molecule has 4 nitrogen and oxygen atoms in total. The highest BCUT2D eigenvalue weighted by Gasteiger charge is 2.43. The topological polar surface area (TPSA) is 30.5 Å². The first-order valence-electron chi connectivity index (χ1n) is 8.38. The third-order valence-electron chi connectivity index (χ3n) is 5.09. The number of hydrogen-bond acceptors (Lipinski definition) is 4. The van der Waals surface area contributed by atoms with Crippen molar-refractivity contribution >= 4 is 0 Å². The highest BCUT2D eigenvalue weighted by Crippen LogP contribution is 2.26. The minimum atomic E-state index is 0.114. The predicted octanol–water partition coefficient (Wildman–Crippen LogP) is 1.19. The van der Waals surface area contributed by atoms with Crippen LogP contribution in [-0.4, -0.2) is 61.4 Å². The lowest BCUT2D eigenvalue weighted by Crippen LogP contribution is -2.76. The summed E-state index contributed by atoms with van der Waals surface area (Å²) >= 11 is 0. The van der Waals surface area contributed by atoms with Crippen LogP contribution in [0.4, 0.5) is 0 Å². The molecule has 3 heterocycles. The van der Waals surface area contributed by atoms with Gasteiger partial charge in [0.2, 0.25) is 0 Å². The largest absolute Gasteiger partial charge is 0.311 e. The van der Waals surface area contributed by atoms with E-state index in [1.165, 1.54) is 71.1 Å². The van der Waals surface area contributed by atoms with Crippen LogP contribution in [0.15, 0.2) is 0 Å². The van der Waals surface area contributed by atoms with Gasteiger partial charge in [0.25, 0.3) is 0 Å². The van der Waals surface area contributed by atoms with Gasteiger partial charge in [-0.3, -0.25) is 15.1 Å². The quantitative estimate of drug-likeness (QED) is 0.786. The molecule has 3 fully saturated rings. The Morgan fingerprint density at radius 2 is 1.16 bits per heavy atom. The van der Waals surface area contributed by atoms with Crippen LogP contribution in [0.1, 0.15) is 44.9 Å². The summed E-state index contributed by atoms with van der Waals surface area (Å²) in [5.41, 5.74) is 0. The van der Waals surface area contributed by atoms with Gasteiger partial charge in [-0.2, -0.15) is 0 Å². The van der Waals surface area contributed by atoms with E-state index in [4.69, 9.17) is 0 Å². The molecule has 0 bridgehead atoms. The lowest BCUT2D eigenvalue weighted by atomic mass is 10.1. The van der Waals surface area contributed by atoms with Gasteiger partial charge in [-0.15, -0.1) is 0 Å². The minimum absolute atomic E-state index is 0.114. The highest BCUT2D eigenvalue weighted by atomic mass is 15.5. The van der Waals surface area contributed by atoms with Crippen LogP contribution in [-0.2, 0) is 0 Å². The van der Waals surface area contributed by atoms with E-state index >= 15 is 0 Å². The molecule has 0 aromatic heterocycles. The Bertz CT molecular complexity index is 261. The van der Waals surface area contributed by atoms with Crippen LogP contribution in [0.3, 0.4) is 0 Å². The van der Waals surface area contributed by atoms with Crippen molar-refractivity contribution in [1.29, 1.82) is 0 Å². The van der Waals surface area contributed by atoms with Gasteiger partial charge in [-0.25, -0.2) is 0 Å². The van der Waals surface area contributed by atoms with E-state index < -0.39 is 0 Å². The average Bonchev–Trinajstić information content (AvgIpc) is 2.78. The molecule has 1 unspecified atom stereocenters. The molecule has 0 radical (unpaired) electrons. The van der Waals surface area contributed by atoms with Crippen molar-refractivity contribution in [3.63, 3.8) is 0 Å². The zero-order valence-corrected chi connectivity index (χ0v) is 12.3. The number of hydrogen-bond donors (Lipinski definition) is 2. The molecule has 2 N–H and O–H groups in total. The standard InChI is InChI=1S/C15H30N4/c1-2-5-11-18(10-4-1)15(14-16-8-9-17-15)19-12-6-3-7-13-19/h16-17H,1-14H2. The Balaban J connectivity index is 1.77. The summed E-state index contributed by atoms with van der Waals surface area (Å²) in [6.45, 7) is 8.39. The Hall–Kier alpha value is -0.160. The molecule has 0 saturated carbocycles. The minimum Gasteiger partial charge on any atom is -0.311 e. The summed E-state index contributed by atoms with van der Waals surface area (Å²) < 4.78 is 0. The third-order valence-corrected chi connectivity index (χ3v) is 5.09. The summed E-state index contributed by atoms with van der Waals surface area (Å²) in [7, 11) is 0. The van der Waals surface area contributed by atoms with E-state index in [2.05, 4.69) is 20.4 Å². The second-order valence-corrected chi connectivity index (χ2v) is 6.37. The van der Waals surface area contributed by atoms with Crippen LogP contribution < -0.4 is 10.6 Å². The smallest absolute Gasteiger partial charge is 0.141 e. The van der Waals surface area contributed by atoms with Gasteiger partial charge < -0.3 is 5.32 Å². The molecule has 0 aromatic rings. The second kappa shape index (κ2) is 6.53. The first-order valence-corrected chi connectivity index (χ1v) is 8.38. The molecule has 110 valence electrons. The number of nitrogens with zero attached hydrogens (tertiary/aromatic N) is 2. The van der Waals surface area contributed by atoms with Crippen molar-refractivity contribution in [2.24, 2.45) is 0 Å². The monoisotopic (exact) mass is 266 g/mol. The van der Waals surface area contributed by atoms with Gasteiger partial charge in [0.05, 0.1) is 0 Å². The molecular formula is C15H30N4. The maximum absolute atomic E-state index is 3.89. The molecule has 3 saturated heterocycles. The van der Waals surface area contributed by atoms with Gasteiger partial charge in [-0.1, -0.05) is 19.3 Å². The Morgan fingerprint density at radius 1 is 0.632 bits per heavy atom. The van der Waals surface area contributed by atoms with Crippen molar-refractivity contribution in [2.75, 3.05) is 45.8 Å². The first kappa shape index (κ1) is 13.8. The van der Waals surface area contributed by atoms with Crippen LogP contribution >= 0.6 is 0 Å². The van der Waals surface area contributed by atoms with Gasteiger partial charge in [0, 0.05) is 45.8 Å². The van der Waals surface area contributed by atoms with E-state index in [0.717, 1.165) is 19.6 Å². The first-order chi connectivity index (χ1) is 9.42. The van der Waals surface area contributed by atoms with Crippen molar-refractivity contribution in [3.8, 4) is 0 Å². The van der Waals surface area contributed by atoms with Crippen molar-refractivity contribution in [3.05, 3.63) is 0 Å². The van der Waals surface area contributed by atoms with Crippen molar-refractivity contribution in [2.45, 2.75) is 50.7 Å². The van der Waals surface area contributed by atoms with Gasteiger partial charge >= 0.3 is 0 Å². The Morgan fingerprint density at radius 3 is 1.63 bits per heavy atom. The molecule has 3 rings (SSSR count). The molecular weight excluding hydrogens is 236 g/mol. The van der Waals surface area contributed by atoms with Crippen molar-refractivity contribution < 1.29 is 0 Å². The Labute approximate surface area is 117 Å². The maximum atomic E-state index is 3.89. The zero-order valence-electron chi connectivity index (χ0n) is 12.3. The summed E-state index contributed by atoms with van der Waals surface area (Å²) in [4.78, 5) is 5.48. The highest BCUT2D eigenvalue weighted by molar-refractivity contribution is 4.95. The molecule has 0 spiro atoms. The summed E-state index contributed by atoms with van der Waals surface area (Å²) in [6.07, 6.45) is 9.74. The number of likely N-dealkylation sites (tertiary alicyclic amines) is 2. The van der Waals surface area contributed by atoms with Gasteiger partial charge in [0.15, 0.2) is 0 Å². The molecule has 19 heavy (non-hydrogen) atoms. The Kier molecular flexibility index (Phi) is 4.74. The summed E-state index contributed by atoms with van der Waals surface area (Å²) in [6, 6.07) is 0. The average molecular weight is 266 g/mol. The van der Waals surface area contributed by atoms with Crippen LogP contribution in [0, 0.1) is 0 Å². The van der Waals surface area contributed by atoms with Crippen LogP contribution in [0.5, 0.6) is 0 Å². The van der Waals surface area contributed by atoms with Crippen LogP contribution in [0.2, 0.25) is 0 Å². The molecule has 3 aliphatic rings. The molecule has 0 amide bonds. The second-order valence-electron chi connectivity index (χ2n) is 6.37. The van der Waals surface area contributed by atoms with Gasteiger partial charge in [0.1, 0.15) is 5.79 Å². The number of rotatable bonds is 2. The number of piperidine rings is 1. The molecule has 4 heteroatoms. The molecule has 3 aliphatic heterocycles. The lowest BCUT2D eigenvalue weighted by molar-refractivity contribution is -0.0993.